The van der Waals surface area contributed by atoms with E-state index >= 15 is 0 Å². The Balaban J connectivity index is 2.29. The Morgan fingerprint density at radius 3 is 2.54 bits per heavy atom. The molecule has 1 heterocycles. The van der Waals surface area contributed by atoms with E-state index in [1.165, 1.54) is 23.1 Å². The van der Waals surface area contributed by atoms with Crippen LogP contribution in [0.5, 0.6) is 5.75 Å². The van der Waals surface area contributed by atoms with Crippen LogP contribution in [0, 0.1) is 0 Å². The largest absolute Gasteiger partial charge is 0.573 e. The number of hydrogen-bond donors (Lipinski definition) is 1. The standard InChI is InChI=1S/C16H21F3N2O3/c1-15(2,3)24-14(22)21-9-8-20-10-12(21)11-6-4-5-7-13(11)23-16(17,18)19/h4-7,12,20H,8-10H2,1-3H3/t12-/m0/s1. The summed E-state index contributed by atoms with van der Waals surface area (Å²) < 4.78 is 47.3. The Hall–Kier alpha value is -1.96. The van der Waals surface area contributed by atoms with Gasteiger partial charge in [0.1, 0.15) is 11.4 Å². The van der Waals surface area contributed by atoms with Crippen molar-refractivity contribution in [2.45, 2.75) is 38.8 Å². The number of nitrogens with one attached hydrogen (secondary N) is 1. The van der Waals surface area contributed by atoms with Crippen LogP contribution >= 0.6 is 0 Å². The van der Waals surface area contributed by atoms with E-state index in [4.69, 9.17) is 4.74 Å². The van der Waals surface area contributed by atoms with Crippen LogP contribution < -0.4 is 10.1 Å². The molecule has 2 rings (SSSR count). The minimum atomic E-state index is -4.80. The number of rotatable bonds is 2. The number of halogens is 3. The number of alkyl halides is 3. The molecule has 5 nitrogen and oxygen atoms in total. The Labute approximate surface area is 138 Å². The van der Waals surface area contributed by atoms with Crippen molar-refractivity contribution in [3.8, 4) is 5.75 Å². The van der Waals surface area contributed by atoms with E-state index in [1.54, 1.807) is 26.8 Å². The van der Waals surface area contributed by atoms with E-state index in [1.807, 2.05) is 0 Å². The third kappa shape index (κ3) is 5.02. The Kier molecular flexibility index (Phi) is 5.27. The highest BCUT2D eigenvalue weighted by Gasteiger charge is 2.36. The second-order valence-corrected chi connectivity index (χ2v) is 6.48. The predicted molar refractivity (Wildman–Crippen MR) is 81.7 cm³/mol. The zero-order chi connectivity index (χ0) is 18.0. The van der Waals surface area contributed by atoms with Gasteiger partial charge in [0.2, 0.25) is 0 Å². The first-order valence-corrected chi connectivity index (χ1v) is 7.62. The minimum Gasteiger partial charge on any atom is -0.444 e. The van der Waals surface area contributed by atoms with Crippen LogP contribution in [0.15, 0.2) is 24.3 Å². The molecule has 1 saturated heterocycles. The molecule has 1 aliphatic heterocycles. The second-order valence-electron chi connectivity index (χ2n) is 6.48. The van der Waals surface area contributed by atoms with E-state index in [2.05, 4.69) is 10.1 Å². The number of nitrogens with zero attached hydrogens (tertiary/aromatic N) is 1. The molecule has 134 valence electrons. The number of ether oxygens (including phenoxy) is 2. The van der Waals surface area contributed by atoms with Crippen molar-refractivity contribution in [3.63, 3.8) is 0 Å². The quantitative estimate of drug-likeness (QED) is 0.891. The van der Waals surface area contributed by atoms with Gasteiger partial charge >= 0.3 is 12.5 Å². The smallest absolute Gasteiger partial charge is 0.444 e. The fraction of sp³-hybridized carbons (Fsp3) is 0.562. The maximum Gasteiger partial charge on any atom is 0.573 e. The fourth-order valence-electron chi connectivity index (χ4n) is 2.49. The number of piperazine rings is 1. The summed E-state index contributed by atoms with van der Waals surface area (Å²) in [7, 11) is 0. The zero-order valence-corrected chi connectivity index (χ0v) is 13.8. The monoisotopic (exact) mass is 346 g/mol. The molecule has 0 bridgehead atoms. The molecule has 0 unspecified atom stereocenters. The third-order valence-electron chi connectivity index (χ3n) is 3.38. The summed E-state index contributed by atoms with van der Waals surface area (Å²) in [6.45, 7) is 6.41. The highest BCUT2D eigenvalue weighted by molar-refractivity contribution is 5.69. The molecule has 1 atom stereocenters. The first kappa shape index (κ1) is 18.4. The number of benzene rings is 1. The van der Waals surface area contributed by atoms with E-state index in [0.29, 0.717) is 19.6 Å². The van der Waals surface area contributed by atoms with Gasteiger partial charge in [-0.05, 0) is 26.8 Å². The summed E-state index contributed by atoms with van der Waals surface area (Å²) in [6.07, 6.45) is -5.36. The molecule has 0 radical (unpaired) electrons. The van der Waals surface area contributed by atoms with Gasteiger partial charge in [-0.15, -0.1) is 13.2 Å². The van der Waals surface area contributed by atoms with Crippen molar-refractivity contribution >= 4 is 6.09 Å². The zero-order valence-electron chi connectivity index (χ0n) is 13.8. The topological polar surface area (TPSA) is 50.8 Å². The van der Waals surface area contributed by atoms with Gasteiger partial charge in [-0.25, -0.2) is 4.79 Å². The molecular weight excluding hydrogens is 325 g/mol. The molecule has 1 N–H and O–H groups in total. The maximum atomic E-state index is 12.6. The summed E-state index contributed by atoms with van der Waals surface area (Å²) in [4.78, 5) is 13.8. The molecule has 8 heteroatoms. The molecule has 0 saturated carbocycles. The molecule has 0 aromatic heterocycles. The van der Waals surface area contributed by atoms with Crippen molar-refractivity contribution in [2.75, 3.05) is 19.6 Å². The number of carbonyl (C=O) groups excluding carboxylic acids is 1. The average molecular weight is 346 g/mol. The first-order chi connectivity index (χ1) is 11.1. The van der Waals surface area contributed by atoms with Crippen LogP contribution in [0.3, 0.4) is 0 Å². The lowest BCUT2D eigenvalue weighted by Gasteiger charge is -2.37. The van der Waals surface area contributed by atoms with Gasteiger partial charge in [0.15, 0.2) is 0 Å². The van der Waals surface area contributed by atoms with Gasteiger partial charge in [-0.2, -0.15) is 0 Å². The normalized spacial score (nSPS) is 19.1. The van der Waals surface area contributed by atoms with Crippen LogP contribution in [-0.4, -0.2) is 42.6 Å². The lowest BCUT2D eigenvalue weighted by atomic mass is 10.0. The molecule has 0 aliphatic carbocycles. The van der Waals surface area contributed by atoms with Crippen molar-refractivity contribution < 1.29 is 27.4 Å². The lowest BCUT2D eigenvalue weighted by molar-refractivity contribution is -0.275. The highest BCUT2D eigenvalue weighted by Crippen LogP contribution is 2.34. The molecular formula is C16H21F3N2O3. The van der Waals surface area contributed by atoms with E-state index in [-0.39, 0.29) is 11.3 Å². The van der Waals surface area contributed by atoms with Gasteiger partial charge in [-0.1, -0.05) is 18.2 Å². The Morgan fingerprint density at radius 2 is 1.92 bits per heavy atom. The van der Waals surface area contributed by atoms with Crippen LogP contribution in [0.2, 0.25) is 0 Å². The lowest BCUT2D eigenvalue weighted by Crippen LogP contribution is -2.50. The molecule has 1 aliphatic rings. The number of hydrogen-bond acceptors (Lipinski definition) is 4. The first-order valence-electron chi connectivity index (χ1n) is 7.62. The Morgan fingerprint density at radius 1 is 1.25 bits per heavy atom. The summed E-state index contributed by atoms with van der Waals surface area (Å²) >= 11 is 0. The predicted octanol–water partition coefficient (Wildman–Crippen LogP) is 3.47. The highest BCUT2D eigenvalue weighted by atomic mass is 19.4. The molecule has 1 aromatic carbocycles. The van der Waals surface area contributed by atoms with Gasteiger partial charge in [0.25, 0.3) is 0 Å². The number of amides is 1. The third-order valence-corrected chi connectivity index (χ3v) is 3.38. The van der Waals surface area contributed by atoms with E-state index < -0.39 is 24.1 Å². The van der Waals surface area contributed by atoms with Crippen LogP contribution in [0.25, 0.3) is 0 Å². The minimum absolute atomic E-state index is 0.285. The second kappa shape index (κ2) is 6.88. The average Bonchev–Trinajstić information content (AvgIpc) is 2.44. The number of carbonyl (C=O) groups is 1. The van der Waals surface area contributed by atoms with Gasteiger partial charge in [-0.3, -0.25) is 4.90 Å². The Bertz CT molecular complexity index is 585. The summed E-state index contributed by atoms with van der Waals surface area (Å²) in [5, 5.41) is 3.08. The maximum absolute atomic E-state index is 12.6. The van der Waals surface area contributed by atoms with Crippen molar-refractivity contribution in [3.05, 3.63) is 29.8 Å². The van der Waals surface area contributed by atoms with Crippen molar-refractivity contribution in [2.24, 2.45) is 0 Å². The van der Waals surface area contributed by atoms with E-state index in [0.717, 1.165) is 0 Å². The van der Waals surface area contributed by atoms with Crippen LogP contribution in [0.4, 0.5) is 18.0 Å². The SMILES string of the molecule is CC(C)(C)OC(=O)N1CCNC[C@H]1c1ccccc1OC(F)(F)F. The fourth-order valence-corrected chi connectivity index (χ4v) is 2.49. The molecule has 1 aromatic rings. The summed E-state index contributed by atoms with van der Waals surface area (Å²) in [6, 6.07) is 5.23. The van der Waals surface area contributed by atoms with Gasteiger partial charge in [0.05, 0.1) is 6.04 Å². The van der Waals surface area contributed by atoms with Crippen LogP contribution in [-0.2, 0) is 4.74 Å². The van der Waals surface area contributed by atoms with E-state index in [9.17, 15) is 18.0 Å². The van der Waals surface area contributed by atoms with Gasteiger partial charge in [0, 0.05) is 25.2 Å². The van der Waals surface area contributed by atoms with Crippen molar-refractivity contribution in [1.29, 1.82) is 0 Å². The number of para-hydroxylation sites is 1. The molecule has 1 amide bonds. The summed E-state index contributed by atoms with van der Waals surface area (Å²) in [5.41, 5.74) is -0.401. The van der Waals surface area contributed by atoms with Gasteiger partial charge < -0.3 is 14.8 Å². The molecule has 0 spiro atoms. The molecule has 24 heavy (non-hydrogen) atoms. The van der Waals surface area contributed by atoms with Crippen LogP contribution in [0.1, 0.15) is 32.4 Å². The van der Waals surface area contributed by atoms with Crippen molar-refractivity contribution in [1.82, 2.24) is 10.2 Å². The summed E-state index contributed by atoms with van der Waals surface area (Å²) in [5.74, 6) is -0.313. The molecule has 1 fully saturated rings.